The van der Waals surface area contributed by atoms with Crippen LogP contribution < -0.4 is 5.32 Å². The zero-order valence-corrected chi connectivity index (χ0v) is 15.4. The fraction of sp³-hybridized carbons (Fsp3) is 0.333. The van der Waals surface area contributed by atoms with E-state index in [1.165, 1.54) is 17.3 Å². The van der Waals surface area contributed by atoms with Gasteiger partial charge < -0.3 is 5.32 Å². The Bertz CT molecular complexity index is 888. The second-order valence-corrected chi connectivity index (χ2v) is 6.87. The third kappa shape index (κ3) is 4.36. The monoisotopic (exact) mass is 355 g/mol. The van der Waals surface area contributed by atoms with Crippen molar-refractivity contribution in [2.24, 2.45) is 0 Å². The molecular formula is C18H21N5OS. The molecule has 6 nitrogen and oxygen atoms in total. The summed E-state index contributed by atoms with van der Waals surface area (Å²) >= 11 is 1.30. The fourth-order valence-corrected chi connectivity index (χ4v) is 3.20. The Kier molecular flexibility index (Phi) is 5.33. The van der Waals surface area contributed by atoms with Crippen molar-refractivity contribution in [2.75, 3.05) is 11.1 Å². The number of aromatic nitrogens is 4. The van der Waals surface area contributed by atoms with Crippen LogP contribution in [0.5, 0.6) is 0 Å². The number of fused-ring (bicyclic) bond motifs is 1. The summed E-state index contributed by atoms with van der Waals surface area (Å²) < 4.78 is 1.69. The summed E-state index contributed by atoms with van der Waals surface area (Å²) in [5.74, 6) is 0.742. The Hall–Kier alpha value is -2.41. The molecule has 0 bridgehead atoms. The van der Waals surface area contributed by atoms with E-state index in [0.717, 1.165) is 29.9 Å². The average Bonchev–Trinajstić information content (AvgIpc) is 2.98. The maximum atomic E-state index is 12.1. The number of aryl methyl sites for hydroxylation is 3. The molecule has 0 unspecified atom stereocenters. The number of amides is 1. The van der Waals surface area contributed by atoms with Gasteiger partial charge in [0.05, 0.1) is 5.75 Å². The number of carbonyl (C=O) groups excluding carboxylic acids is 1. The van der Waals surface area contributed by atoms with Gasteiger partial charge in [0, 0.05) is 17.1 Å². The Balaban J connectivity index is 1.59. The lowest BCUT2D eigenvalue weighted by molar-refractivity contribution is -0.113. The van der Waals surface area contributed by atoms with Crippen molar-refractivity contribution in [3.05, 3.63) is 47.3 Å². The molecule has 0 spiro atoms. The molecule has 0 saturated heterocycles. The third-order valence-electron chi connectivity index (χ3n) is 3.71. The predicted octanol–water partition coefficient (Wildman–Crippen LogP) is 3.42. The molecule has 0 aliphatic rings. The quantitative estimate of drug-likeness (QED) is 0.686. The molecule has 0 atom stereocenters. The second-order valence-electron chi connectivity index (χ2n) is 5.93. The Morgan fingerprint density at radius 3 is 2.68 bits per heavy atom. The summed E-state index contributed by atoms with van der Waals surface area (Å²) in [6, 6.07) is 9.92. The van der Waals surface area contributed by atoms with Gasteiger partial charge in [-0.25, -0.2) is 9.50 Å². The van der Waals surface area contributed by atoms with Gasteiger partial charge in [0.1, 0.15) is 0 Å². The fourth-order valence-electron chi connectivity index (χ4n) is 2.58. The molecule has 3 rings (SSSR count). The number of benzene rings is 1. The van der Waals surface area contributed by atoms with E-state index in [1.54, 1.807) is 4.52 Å². The summed E-state index contributed by atoms with van der Waals surface area (Å²) in [6.07, 6.45) is 2.17. The summed E-state index contributed by atoms with van der Waals surface area (Å²) in [5, 5.41) is 7.84. The highest BCUT2D eigenvalue weighted by molar-refractivity contribution is 7.99. The van der Waals surface area contributed by atoms with E-state index in [0.29, 0.717) is 10.9 Å². The lowest BCUT2D eigenvalue weighted by Crippen LogP contribution is -2.14. The zero-order chi connectivity index (χ0) is 17.8. The maximum Gasteiger partial charge on any atom is 0.253 e. The minimum atomic E-state index is -0.0760. The molecule has 0 fully saturated rings. The molecule has 1 aromatic carbocycles. The van der Waals surface area contributed by atoms with Crippen LogP contribution in [0.1, 0.15) is 30.3 Å². The van der Waals surface area contributed by atoms with Crippen molar-refractivity contribution >= 4 is 29.1 Å². The smallest absolute Gasteiger partial charge is 0.253 e. The van der Waals surface area contributed by atoms with Gasteiger partial charge in [-0.3, -0.25) is 4.79 Å². The highest BCUT2D eigenvalue weighted by Gasteiger charge is 2.10. The first-order chi connectivity index (χ1) is 12.0. The topological polar surface area (TPSA) is 72.2 Å². The molecule has 0 aliphatic carbocycles. The summed E-state index contributed by atoms with van der Waals surface area (Å²) in [5.41, 5.74) is 3.96. The highest BCUT2D eigenvalue weighted by Crippen LogP contribution is 2.16. The molecule has 0 radical (unpaired) electrons. The van der Waals surface area contributed by atoms with Gasteiger partial charge in [0.2, 0.25) is 11.1 Å². The zero-order valence-electron chi connectivity index (χ0n) is 14.6. The van der Waals surface area contributed by atoms with Crippen molar-refractivity contribution in [1.29, 1.82) is 0 Å². The largest absolute Gasteiger partial charge is 0.325 e. The van der Waals surface area contributed by atoms with E-state index >= 15 is 0 Å². The summed E-state index contributed by atoms with van der Waals surface area (Å²) in [7, 11) is 0. The first kappa shape index (κ1) is 17.4. The number of hydrogen-bond acceptors (Lipinski definition) is 5. The van der Waals surface area contributed by atoms with Crippen molar-refractivity contribution in [1.82, 2.24) is 19.6 Å². The van der Waals surface area contributed by atoms with Crippen LogP contribution in [0.2, 0.25) is 0 Å². The number of nitrogens with one attached hydrogen (secondary N) is 1. The number of rotatable bonds is 6. The molecular weight excluding hydrogens is 334 g/mol. The SMILES string of the molecule is CCCc1ccc(NC(=O)CSc2nc3nc(C)cc(C)n3n2)cc1. The van der Waals surface area contributed by atoms with Crippen LogP contribution in [-0.2, 0) is 11.2 Å². The molecule has 2 aromatic heterocycles. The lowest BCUT2D eigenvalue weighted by Gasteiger charge is -2.05. The first-order valence-corrected chi connectivity index (χ1v) is 9.26. The molecule has 1 N–H and O–H groups in total. The van der Waals surface area contributed by atoms with Gasteiger partial charge in [0.15, 0.2) is 0 Å². The van der Waals surface area contributed by atoms with Crippen molar-refractivity contribution in [3.8, 4) is 0 Å². The number of hydrogen-bond donors (Lipinski definition) is 1. The van der Waals surface area contributed by atoms with E-state index < -0.39 is 0 Å². The van der Waals surface area contributed by atoms with E-state index in [1.807, 2.05) is 44.2 Å². The minimum Gasteiger partial charge on any atom is -0.325 e. The Labute approximate surface area is 151 Å². The predicted molar refractivity (Wildman–Crippen MR) is 100 cm³/mol. The van der Waals surface area contributed by atoms with Gasteiger partial charge in [-0.05, 0) is 44.0 Å². The Morgan fingerprint density at radius 1 is 1.20 bits per heavy atom. The Morgan fingerprint density at radius 2 is 1.96 bits per heavy atom. The van der Waals surface area contributed by atoms with E-state index in [2.05, 4.69) is 27.3 Å². The first-order valence-electron chi connectivity index (χ1n) is 8.28. The second kappa shape index (κ2) is 7.65. The highest BCUT2D eigenvalue weighted by atomic mass is 32.2. The van der Waals surface area contributed by atoms with Gasteiger partial charge >= 0.3 is 0 Å². The van der Waals surface area contributed by atoms with Crippen LogP contribution in [0.15, 0.2) is 35.5 Å². The number of carbonyl (C=O) groups is 1. The van der Waals surface area contributed by atoms with Gasteiger partial charge in [-0.2, -0.15) is 4.98 Å². The van der Waals surface area contributed by atoms with Crippen LogP contribution in [0.3, 0.4) is 0 Å². The number of anilines is 1. The molecule has 0 aliphatic heterocycles. The average molecular weight is 355 g/mol. The van der Waals surface area contributed by atoms with Crippen LogP contribution in [0, 0.1) is 13.8 Å². The third-order valence-corrected chi connectivity index (χ3v) is 4.55. The molecule has 25 heavy (non-hydrogen) atoms. The number of thioether (sulfide) groups is 1. The lowest BCUT2D eigenvalue weighted by atomic mass is 10.1. The molecule has 7 heteroatoms. The molecule has 2 heterocycles. The molecule has 3 aromatic rings. The van der Waals surface area contributed by atoms with Gasteiger partial charge in [0.25, 0.3) is 5.78 Å². The van der Waals surface area contributed by atoms with Crippen LogP contribution in [-0.4, -0.2) is 31.2 Å². The number of nitrogens with zero attached hydrogens (tertiary/aromatic N) is 4. The van der Waals surface area contributed by atoms with Gasteiger partial charge in [-0.15, -0.1) is 5.10 Å². The van der Waals surface area contributed by atoms with E-state index in [9.17, 15) is 4.79 Å². The minimum absolute atomic E-state index is 0.0760. The normalized spacial score (nSPS) is 11.0. The van der Waals surface area contributed by atoms with Crippen LogP contribution >= 0.6 is 11.8 Å². The van der Waals surface area contributed by atoms with Gasteiger partial charge in [-0.1, -0.05) is 37.2 Å². The van der Waals surface area contributed by atoms with Crippen molar-refractivity contribution < 1.29 is 4.79 Å². The van der Waals surface area contributed by atoms with E-state index in [4.69, 9.17) is 0 Å². The maximum absolute atomic E-state index is 12.1. The summed E-state index contributed by atoms with van der Waals surface area (Å²) in [4.78, 5) is 20.8. The van der Waals surface area contributed by atoms with Crippen LogP contribution in [0.25, 0.3) is 5.78 Å². The molecule has 0 saturated carbocycles. The van der Waals surface area contributed by atoms with Crippen molar-refractivity contribution in [3.63, 3.8) is 0 Å². The van der Waals surface area contributed by atoms with E-state index in [-0.39, 0.29) is 11.7 Å². The molecule has 130 valence electrons. The summed E-state index contributed by atoms with van der Waals surface area (Å²) in [6.45, 7) is 6.03. The standard InChI is InChI=1S/C18H21N5OS/c1-4-5-14-6-8-15(9-7-14)20-16(24)11-25-18-21-17-19-12(2)10-13(3)23(17)22-18/h6-10H,4-5,11H2,1-3H3,(H,20,24). The molecule has 1 amide bonds. The van der Waals surface area contributed by atoms with Crippen molar-refractivity contribution in [2.45, 2.75) is 38.8 Å². The van der Waals surface area contributed by atoms with Crippen LogP contribution in [0.4, 0.5) is 5.69 Å².